The maximum atomic E-state index is 4.37. The van der Waals surface area contributed by atoms with E-state index in [2.05, 4.69) is 31.5 Å². The van der Waals surface area contributed by atoms with Crippen LogP contribution in [0, 0.1) is 5.92 Å². The Morgan fingerprint density at radius 1 is 1.38 bits per heavy atom. The van der Waals surface area contributed by atoms with Gasteiger partial charge in [-0.3, -0.25) is 4.99 Å². The third-order valence-electron chi connectivity index (χ3n) is 2.15. The van der Waals surface area contributed by atoms with Gasteiger partial charge in [0.25, 0.3) is 0 Å². The Labute approximate surface area is 82.3 Å². The van der Waals surface area contributed by atoms with Gasteiger partial charge in [0.05, 0.1) is 0 Å². The molecule has 0 aromatic rings. The first-order valence-corrected chi connectivity index (χ1v) is 4.84. The summed E-state index contributed by atoms with van der Waals surface area (Å²) in [4.78, 5) is 4.37. The molecule has 0 fully saturated rings. The largest absolute Gasteiger partial charge is 0.295 e. The number of hydrogen-bond donors (Lipinski definition) is 0. The first kappa shape index (κ1) is 12.2. The monoisotopic (exact) mass is 179 g/mol. The summed E-state index contributed by atoms with van der Waals surface area (Å²) in [6.45, 7) is 13.1. The van der Waals surface area contributed by atoms with Gasteiger partial charge in [-0.25, -0.2) is 0 Å². The third kappa shape index (κ3) is 6.32. The minimum atomic E-state index is 0.612. The van der Waals surface area contributed by atoms with Gasteiger partial charge >= 0.3 is 0 Å². The smallest absolute Gasteiger partial charge is 0.0394 e. The second-order valence-corrected chi connectivity index (χ2v) is 3.67. The fourth-order valence-corrected chi connectivity index (χ4v) is 1.06. The van der Waals surface area contributed by atoms with Crippen LogP contribution in [-0.2, 0) is 0 Å². The molecule has 74 valence electrons. The van der Waals surface area contributed by atoms with Crippen molar-refractivity contribution in [3.63, 3.8) is 0 Å². The molecule has 0 amide bonds. The van der Waals surface area contributed by atoms with Crippen molar-refractivity contribution < 1.29 is 0 Å². The zero-order chi connectivity index (χ0) is 10.3. The summed E-state index contributed by atoms with van der Waals surface area (Å²) < 4.78 is 0. The first-order valence-electron chi connectivity index (χ1n) is 4.84. The molecule has 0 aromatic carbocycles. The number of aliphatic imine (C=N–C) groups is 1. The third-order valence-corrected chi connectivity index (χ3v) is 2.15. The number of hydrogen-bond acceptors (Lipinski definition) is 1. The number of rotatable bonds is 5. The molecule has 0 heterocycles. The minimum absolute atomic E-state index is 0.612. The molecule has 13 heavy (non-hydrogen) atoms. The van der Waals surface area contributed by atoms with Gasteiger partial charge in [0.15, 0.2) is 0 Å². The molecule has 0 aliphatic rings. The SMILES string of the molecule is C=C/C=C(\C)[C@H](C)CCN=C(C)C. The van der Waals surface area contributed by atoms with Crippen molar-refractivity contribution in [2.45, 2.75) is 34.1 Å². The van der Waals surface area contributed by atoms with Crippen LogP contribution in [0.4, 0.5) is 0 Å². The molecule has 0 spiro atoms. The fourth-order valence-electron chi connectivity index (χ4n) is 1.06. The van der Waals surface area contributed by atoms with Crippen molar-refractivity contribution in [2.75, 3.05) is 6.54 Å². The molecule has 1 nitrogen and oxygen atoms in total. The van der Waals surface area contributed by atoms with Gasteiger partial charge in [-0.1, -0.05) is 31.2 Å². The van der Waals surface area contributed by atoms with Crippen LogP contribution in [0.25, 0.3) is 0 Å². The zero-order valence-electron chi connectivity index (χ0n) is 9.30. The maximum Gasteiger partial charge on any atom is 0.0394 e. The second kappa shape index (κ2) is 6.64. The molecule has 0 aromatic heterocycles. The van der Waals surface area contributed by atoms with E-state index in [1.165, 1.54) is 5.57 Å². The highest BCUT2D eigenvalue weighted by Crippen LogP contribution is 2.13. The van der Waals surface area contributed by atoms with Crippen LogP contribution in [0.2, 0.25) is 0 Å². The lowest BCUT2D eigenvalue weighted by Crippen LogP contribution is -1.99. The Kier molecular flexibility index (Phi) is 6.21. The van der Waals surface area contributed by atoms with Gasteiger partial charge in [-0.05, 0) is 33.1 Å². The van der Waals surface area contributed by atoms with E-state index in [-0.39, 0.29) is 0 Å². The highest BCUT2D eigenvalue weighted by atomic mass is 14.7. The van der Waals surface area contributed by atoms with Crippen LogP contribution in [0.15, 0.2) is 29.3 Å². The molecule has 0 radical (unpaired) electrons. The summed E-state index contributed by atoms with van der Waals surface area (Å²) in [5, 5.41) is 0. The fraction of sp³-hybridized carbons (Fsp3) is 0.583. The topological polar surface area (TPSA) is 12.4 Å². The van der Waals surface area contributed by atoms with E-state index in [9.17, 15) is 0 Å². The lowest BCUT2D eigenvalue weighted by atomic mass is 9.99. The van der Waals surface area contributed by atoms with E-state index >= 15 is 0 Å². The first-order chi connectivity index (χ1) is 6.07. The molecule has 0 saturated heterocycles. The van der Waals surface area contributed by atoms with Crippen LogP contribution in [-0.4, -0.2) is 12.3 Å². The molecule has 0 N–H and O–H groups in total. The highest BCUT2D eigenvalue weighted by molar-refractivity contribution is 5.78. The predicted molar refractivity (Wildman–Crippen MR) is 61.4 cm³/mol. The van der Waals surface area contributed by atoms with Crippen LogP contribution < -0.4 is 0 Å². The standard InChI is InChI=1S/C12H21N/c1-6-7-11(4)12(5)8-9-13-10(2)3/h6-7,12H,1,8-9H2,2-5H3/b11-7+/t12-/m1/s1. The Bertz CT molecular complexity index is 207. The van der Waals surface area contributed by atoms with Crippen molar-refractivity contribution in [2.24, 2.45) is 10.9 Å². The Morgan fingerprint density at radius 2 is 2.00 bits per heavy atom. The molecule has 0 saturated carbocycles. The molecule has 0 aliphatic carbocycles. The second-order valence-electron chi connectivity index (χ2n) is 3.67. The molecule has 0 aliphatic heterocycles. The van der Waals surface area contributed by atoms with Gasteiger partial charge in [0.1, 0.15) is 0 Å². The molecular formula is C12H21N. The lowest BCUT2D eigenvalue weighted by molar-refractivity contribution is 0.623. The van der Waals surface area contributed by atoms with Crippen LogP contribution in [0.1, 0.15) is 34.1 Å². The van der Waals surface area contributed by atoms with E-state index in [1.807, 2.05) is 19.9 Å². The predicted octanol–water partition coefficient (Wildman–Crippen LogP) is 3.63. The molecular weight excluding hydrogens is 158 g/mol. The van der Waals surface area contributed by atoms with E-state index in [0.29, 0.717) is 5.92 Å². The summed E-state index contributed by atoms with van der Waals surface area (Å²) >= 11 is 0. The van der Waals surface area contributed by atoms with Crippen LogP contribution >= 0.6 is 0 Å². The molecule has 0 bridgehead atoms. The van der Waals surface area contributed by atoms with Crippen molar-refractivity contribution in [3.8, 4) is 0 Å². The van der Waals surface area contributed by atoms with E-state index in [0.717, 1.165) is 18.7 Å². The van der Waals surface area contributed by atoms with Gasteiger partial charge in [0, 0.05) is 12.3 Å². The van der Waals surface area contributed by atoms with Crippen LogP contribution in [0.5, 0.6) is 0 Å². The quantitative estimate of drug-likeness (QED) is 0.451. The Balaban J connectivity index is 3.87. The van der Waals surface area contributed by atoms with Crippen molar-refractivity contribution >= 4 is 5.71 Å². The molecule has 1 atom stereocenters. The Hall–Kier alpha value is -0.850. The van der Waals surface area contributed by atoms with Gasteiger partial charge in [-0.15, -0.1) is 0 Å². The van der Waals surface area contributed by atoms with Crippen LogP contribution in [0.3, 0.4) is 0 Å². The van der Waals surface area contributed by atoms with Crippen molar-refractivity contribution in [3.05, 3.63) is 24.3 Å². The number of allylic oxidation sites excluding steroid dienone is 3. The van der Waals surface area contributed by atoms with Crippen molar-refractivity contribution in [1.29, 1.82) is 0 Å². The molecule has 1 heteroatoms. The zero-order valence-corrected chi connectivity index (χ0v) is 9.30. The van der Waals surface area contributed by atoms with E-state index in [1.54, 1.807) is 0 Å². The van der Waals surface area contributed by atoms with Gasteiger partial charge in [-0.2, -0.15) is 0 Å². The van der Waals surface area contributed by atoms with Gasteiger partial charge < -0.3 is 0 Å². The number of nitrogens with zero attached hydrogens (tertiary/aromatic N) is 1. The van der Waals surface area contributed by atoms with E-state index < -0.39 is 0 Å². The highest BCUT2D eigenvalue weighted by Gasteiger charge is 2.01. The normalized spacial score (nSPS) is 13.7. The van der Waals surface area contributed by atoms with Gasteiger partial charge in [0.2, 0.25) is 0 Å². The average molecular weight is 179 g/mol. The maximum absolute atomic E-state index is 4.37. The Morgan fingerprint density at radius 3 is 2.46 bits per heavy atom. The molecule has 0 rings (SSSR count). The summed E-state index contributed by atoms with van der Waals surface area (Å²) in [7, 11) is 0. The minimum Gasteiger partial charge on any atom is -0.295 e. The lowest BCUT2D eigenvalue weighted by Gasteiger charge is -2.09. The van der Waals surface area contributed by atoms with E-state index in [4.69, 9.17) is 0 Å². The molecule has 0 unspecified atom stereocenters. The summed E-state index contributed by atoms with van der Waals surface area (Å²) in [6.07, 6.45) is 5.05. The summed E-state index contributed by atoms with van der Waals surface area (Å²) in [5.74, 6) is 0.612. The summed E-state index contributed by atoms with van der Waals surface area (Å²) in [5.41, 5.74) is 2.55. The summed E-state index contributed by atoms with van der Waals surface area (Å²) in [6, 6.07) is 0. The van der Waals surface area contributed by atoms with Crippen molar-refractivity contribution in [1.82, 2.24) is 0 Å². The average Bonchev–Trinajstić information content (AvgIpc) is 2.04.